The summed E-state index contributed by atoms with van der Waals surface area (Å²) in [6.07, 6.45) is 8.33. The predicted molar refractivity (Wildman–Crippen MR) is 56.2 cm³/mol. The van der Waals surface area contributed by atoms with Crippen molar-refractivity contribution in [3.05, 3.63) is 24.3 Å². The molecule has 4 nitrogen and oxygen atoms in total. The van der Waals surface area contributed by atoms with E-state index in [-0.39, 0.29) is 11.8 Å². The Morgan fingerprint density at radius 3 is 2.47 bits per heavy atom. The second-order valence-corrected chi connectivity index (χ2v) is 3.48. The number of carbonyl (C=O) groups is 2. The first kappa shape index (κ1) is 11.5. The van der Waals surface area contributed by atoms with Gasteiger partial charge >= 0.3 is 5.97 Å². The second kappa shape index (κ2) is 5.34. The van der Waals surface area contributed by atoms with E-state index in [1.54, 1.807) is 6.92 Å². The van der Waals surface area contributed by atoms with Crippen molar-refractivity contribution in [3.63, 3.8) is 0 Å². The van der Waals surface area contributed by atoms with E-state index in [4.69, 9.17) is 5.11 Å². The van der Waals surface area contributed by atoms with Crippen LogP contribution in [0.25, 0.3) is 0 Å². The number of rotatable bonds is 5. The normalized spacial score (nSPS) is 16.6. The zero-order valence-corrected chi connectivity index (χ0v) is 8.64. The Labute approximate surface area is 88.7 Å². The van der Waals surface area contributed by atoms with Crippen LogP contribution < -0.4 is 5.32 Å². The third-order valence-corrected chi connectivity index (χ3v) is 2.29. The van der Waals surface area contributed by atoms with Gasteiger partial charge in [-0.2, -0.15) is 0 Å². The number of carboxylic acid groups (broad SMARTS) is 1. The molecule has 0 aromatic rings. The number of carbonyl (C=O) groups excluding carboxylic acids is 1. The van der Waals surface area contributed by atoms with Gasteiger partial charge in [0, 0.05) is 6.42 Å². The molecule has 0 spiro atoms. The van der Waals surface area contributed by atoms with Gasteiger partial charge in [0.2, 0.25) is 5.91 Å². The second-order valence-electron chi connectivity index (χ2n) is 3.48. The van der Waals surface area contributed by atoms with Gasteiger partial charge in [-0.3, -0.25) is 4.79 Å². The Balaban J connectivity index is 2.50. The fourth-order valence-corrected chi connectivity index (χ4v) is 1.43. The van der Waals surface area contributed by atoms with E-state index in [9.17, 15) is 9.59 Å². The zero-order chi connectivity index (χ0) is 11.3. The maximum atomic E-state index is 11.1. The quantitative estimate of drug-likeness (QED) is 0.712. The molecule has 4 heteroatoms. The molecule has 0 heterocycles. The minimum absolute atomic E-state index is 0.114. The molecule has 1 amide bonds. The molecule has 15 heavy (non-hydrogen) atoms. The molecule has 1 atom stereocenters. The van der Waals surface area contributed by atoms with Crippen molar-refractivity contribution in [2.45, 2.75) is 25.8 Å². The van der Waals surface area contributed by atoms with Crippen LogP contribution in [-0.4, -0.2) is 23.0 Å². The number of allylic oxidation sites excluding steroid dienone is 4. The van der Waals surface area contributed by atoms with Gasteiger partial charge in [-0.1, -0.05) is 31.2 Å². The van der Waals surface area contributed by atoms with Crippen LogP contribution in [0.3, 0.4) is 0 Å². The molecule has 82 valence electrons. The van der Waals surface area contributed by atoms with Crippen molar-refractivity contribution in [1.29, 1.82) is 0 Å². The fraction of sp³-hybridized carbons (Fsp3) is 0.455. The number of amides is 1. The van der Waals surface area contributed by atoms with Gasteiger partial charge in [0.25, 0.3) is 0 Å². The van der Waals surface area contributed by atoms with Crippen LogP contribution in [0.5, 0.6) is 0 Å². The third kappa shape index (κ3) is 3.58. The first-order valence-electron chi connectivity index (χ1n) is 5.00. The predicted octanol–water partition coefficient (Wildman–Crippen LogP) is 1.10. The van der Waals surface area contributed by atoms with Crippen molar-refractivity contribution < 1.29 is 14.7 Å². The summed E-state index contributed by atoms with van der Waals surface area (Å²) in [5, 5.41) is 11.4. The molecule has 0 fully saturated rings. The Morgan fingerprint density at radius 2 is 2.00 bits per heavy atom. The highest BCUT2D eigenvalue weighted by Crippen LogP contribution is 2.15. The highest BCUT2D eigenvalue weighted by molar-refractivity contribution is 5.83. The van der Waals surface area contributed by atoms with E-state index in [0.29, 0.717) is 12.8 Å². The summed E-state index contributed by atoms with van der Waals surface area (Å²) in [5.74, 6) is -1.10. The lowest BCUT2D eigenvalue weighted by Crippen LogP contribution is -2.41. The molecule has 0 aromatic heterocycles. The van der Waals surface area contributed by atoms with E-state index in [1.807, 2.05) is 24.3 Å². The SMILES string of the molecule is CCC(=O)NC(CC1C=CC=C1)C(=O)O. The van der Waals surface area contributed by atoms with Crippen molar-refractivity contribution in [2.24, 2.45) is 5.92 Å². The first-order chi connectivity index (χ1) is 7.13. The average Bonchev–Trinajstić information content (AvgIpc) is 2.69. The Hall–Kier alpha value is -1.58. The summed E-state index contributed by atoms with van der Waals surface area (Å²) in [5.41, 5.74) is 0. The number of carboxylic acids is 1. The minimum Gasteiger partial charge on any atom is -0.480 e. The number of hydrogen-bond acceptors (Lipinski definition) is 2. The Morgan fingerprint density at radius 1 is 1.40 bits per heavy atom. The molecule has 2 N–H and O–H groups in total. The molecule has 1 aliphatic rings. The maximum absolute atomic E-state index is 11.1. The summed E-state index contributed by atoms with van der Waals surface area (Å²) in [4.78, 5) is 22.0. The fourth-order valence-electron chi connectivity index (χ4n) is 1.43. The first-order valence-corrected chi connectivity index (χ1v) is 5.00. The van der Waals surface area contributed by atoms with Crippen LogP contribution in [0.2, 0.25) is 0 Å². The van der Waals surface area contributed by atoms with Crippen molar-refractivity contribution in [1.82, 2.24) is 5.32 Å². The van der Waals surface area contributed by atoms with E-state index in [2.05, 4.69) is 5.32 Å². The zero-order valence-electron chi connectivity index (χ0n) is 8.64. The van der Waals surface area contributed by atoms with Crippen LogP contribution in [0, 0.1) is 5.92 Å². The van der Waals surface area contributed by atoms with Crippen LogP contribution in [-0.2, 0) is 9.59 Å². The summed E-state index contributed by atoms with van der Waals surface area (Å²) in [7, 11) is 0. The van der Waals surface area contributed by atoms with E-state index >= 15 is 0 Å². The molecular weight excluding hydrogens is 194 g/mol. The summed E-state index contributed by atoms with van der Waals surface area (Å²) < 4.78 is 0. The lowest BCUT2D eigenvalue weighted by atomic mass is 10.0. The van der Waals surface area contributed by atoms with Gasteiger partial charge in [0.1, 0.15) is 6.04 Å². The Kier molecular flexibility index (Phi) is 4.09. The van der Waals surface area contributed by atoms with Gasteiger partial charge in [0.15, 0.2) is 0 Å². The monoisotopic (exact) mass is 209 g/mol. The van der Waals surface area contributed by atoms with Crippen LogP contribution in [0.15, 0.2) is 24.3 Å². The highest BCUT2D eigenvalue weighted by Gasteiger charge is 2.22. The van der Waals surface area contributed by atoms with Crippen LogP contribution in [0.1, 0.15) is 19.8 Å². The molecule has 0 saturated carbocycles. The topological polar surface area (TPSA) is 66.4 Å². The number of aliphatic carboxylic acids is 1. The third-order valence-electron chi connectivity index (χ3n) is 2.29. The van der Waals surface area contributed by atoms with E-state index in [0.717, 1.165) is 0 Å². The van der Waals surface area contributed by atoms with Gasteiger partial charge in [-0.05, 0) is 12.3 Å². The largest absolute Gasteiger partial charge is 0.480 e. The van der Waals surface area contributed by atoms with Gasteiger partial charge in [-0.15, -0.1) is 0 Å². The molecule has 0 aromatic carbocycles. The highest BCUT2D eigenvalue weighted by atomic mass is 16.4. The smallest absolute Gasteiger partial charge is 0.326 e. The van der Waals surface area contributed by atoms with Gasteiger partial charge in [-0.25, -0.2) is 4.79 Å². The molecule has 0 aliphatic heterocycles. The molecule has 0 radical (unpaired) electrons. The maximum Gasteiger partial charge on any atom is 0.326 e. The van der Waals surface area contributed by atoms with E-state index < -0.39 is 12.0 Å². The Bertz CT molecular complexity index is 295. The molecule has 0 bridgehead atoms. The lowest BCUT2D eigenvalue weighted by molar-refractivity contribution is -0.142. The number of hydrogen-bond donors (Lipinski definition) is 2. The standard InChI is InChI=1S/C11H15NO3/c1-2-10(13)12-9(11(14)15)7-8-5-3-4-6-8/h3-6,8-9H,2,7H2,1H3,(H,12,13)(H,14,15). The molecular formula is C11H15NO3. The summed E-state index contributed by atoms with van der Waals surface area (Å²) in [6.45, 7) is 1.70. The number of nitrogens with one attached hydrogen (secondary N) is 1. The van der Waals surface area contributed by atoms with Crippen molar-refractivity contribution >= 4 is 11.9 Å². The molecule has 1 rings (SSSR count). The van der Waals surface area contributed by atoms with Crippen molar-refractivity contribution in [2.75, 3.05) is 0 Å². The van der Waals surface area contributed by atoms with Gasteiger partial charge < -0.3 is 10.4 Å². The molecule has 1 unspecified atom stereocenters. The molecule has 0 saturated heterocycles. The van der Waals surface area contributed by atoms with Crippen molar-refractivity contribution in [3.8, 4) is 0 Å². The summed E-state index contributed by atoms with van der Waals surface area (Å²) >= 11 is 0. The van der Waals surface area contributed by atoms with Crippen LogP contribution in [0.4, 0.5) is 0 Å². The minimum atomic E-state index is -0.981. The lowest BCUT2D eigenvalue weighted by Gasteiger charge is -2.16. The van der Waals surface area contributed by atoms with E-state index in [1.165, 1.54) is 0 Å². The van der Waals surface area contributed by atoms with Crippen LogP contribution >= 0.6 is 0 Å². The average molecular weight is 209 g/mol. The molecule has 1 aliphatic carbocycles. The van der Waals surface area contributed by atoms with Gasteiger partial charge in [0.05, 0.1) is 0 Å². The summed E-state index contributed by atoms with van der Waals surface area (Å²) in [6, 6.07) is -0.796.